The summed E-state index contributed by atoms with van der Waals surface area (Å²) in [5.74, 6) is 0.250. The van der Waals surface area contributed by atoms with Crippen molar-refractivity contribution in [3.05, 3.63) is 54.1 Å². The van der Waals surface area contributed by atoms with Gasteiger partial charge in [0.25, 0.3) is 0 Å². The van der Waals surface area contributed by atoms with Crippen LogP contribution in [0.25, 0.3) is 0 Å². The Morgan fingerprint density at radius 2 is 1.86 bits per heavy atom. The molecular formula is C17H18N2O2. The summed E-state index contributed by atoms with van der Waals surface area (Å²) in [6, 6.07) is 15.2. The van der Waals surface area contributed by atoms with E-state index in [1.54, 1.807) is 18.3 Å². The molecule has 0 spiro atoms. The fourth-order valence-corrected chi connectivity index (χ4v) is 2.39. The molecule has 1 heterocycles. The van der Waals surface area contributed by atoms with Crippen molar-refractivity contribution in [3.8, 4) is 5.75 Å². The van der Waals surface area contributed by atoms with Crippen molar-refractivity contribution in [3.63, 3.8) is 0 Å². The van der Waals surface area contributed by atoms with E-state index in [1.165, 1.54) is 0 Å². The number of para-hydroxylation sites is 2. The molecule has 0 aliphatic carbocycles. The summed E-state index contributed by atoms with van der Waals surface area (Å²) in [5.41, 5.74) is 2.94. The molecule has 0 bridgehead atoms. The largest absolute Gasteiger partial charge is 0.508 e. The number of hydrogen-bond donors (Lipinski definition) is 1. The number of benzene rings is 2. The molecule has 108 valence electrons. The molecule has 4 heteroatoms. The van der Waals surface area contributed by atoms with E-state index >= 15 is 0 Å². The van der Waals surface area contributed by atoms with Crippen molar-refractivity contribution in [1.82, 2.24) is 0 Å². The Kier molecular flexibility index (Phi) is 4.17. The maximum absolute atomic E-state index is 9.48. The molecule has 0 saturated carbocycles. The van der Waals surface area contributed by atoms with Crippen LogP contribution in [0.3, 0.4) is 0 Å². The van der Waals surface area contributed by atoms with Crippen LogP contribution in [-0.2, 0) is 4.74 Å². The van der Waals surface area contributed by atoms with Crippen molar-refractivity contribution in [2.75, 3.05) is 31.2 Å². The number of aliphatic imine (C=N–C) groups is 1. The molecule has 1 aliphatic rings. The molecule has 2 aromatic rings. The normalized spacial score (nSPS) is 15.5. The zero-order valence-electron chi connectivity index (χ0n) is 11.8. The van der Waals surface area contributed by atoms with E-state index in [-0.39, 0.29) is 5.75 Å². The van der Waals surface area contributed by atoms with Crippen LogP contribution in [0.2, 0.25) is 0 Å². The Hall–Kier alpha value is -2.33. The van der Waals surface area contributed by atoms with Gasteiger partial charge in [0.15, 0.2) is 0 Å². The van der Waals surface area contributed by atoms with Gasteiger partial charge in [-0.3, -0.25) is 4.99 Å². The lowest BCUT2D eigenvalue weighted by molar-refractivity contribution is 0.123. The SMILES string of the molecule is Oc1cccc(C=Nc2ccccc2N2CCOCC2)c1. The zero-order valence-corrected chi connectivity index (χ0v) is 11.8. The number of nitrogens with zero attached hydrogens (tertiary/aromatic N) is 2. The average molecular weight is 282 g/mol. The van der Waals surface area contributed by atoms with Crippen LogP contribution in [0.4, 0.5) is 11.4 Å². The lowest BCUT2D eigenvalue weighted by atomic mass is 10.2. The summed E-state index contributed by atoms with van der Waals surface area (Å²) in [7, 11) is 0. The molecule has 0 radical (unpaired) electrons. The smallest absolute Gasteiger partial charge is 0.116 e. The van der Waals surface area contributed by atoms with Gasteiger partial charge >= 0.3 is 0 Å². The second-order valence-corrected chi connectivity index (χ2v) is 4.94. The minimum absolute atomic E-state index is 0.250. The number of anilines is 1. The third-order valence-electron chi connectivity index (χ3n) is 3.46. The van der Waals surface area contributed by atoms with Gasteiger partial charge in [0.1, 0.15) is 5.75 Å². The highest BCUT2D eigenvalue weighted by molar-refractivity contribution is 5.84. The van der Waals surface area contributed by atoms with Crippen LogP contribution in [0.15, 0.2) is 53.5 Å². The molecule has 0 aromatic heterocycles. The molecule has 0 unspecified atom stereocenters. The van der Waals surface area contributed by atoms with Crippen LogP contribution in [0.1, 0.15) is 5.56 Å². The van der Waals surface area contributed by atoms with Crippen LogP contribution in [-0.4, -0.2) is 37.6 Å². The quantitative estimate of drug-likeness (QED) is 0.880. The molecular weight excluding hydrogens is 264 g/mol. The van der Waals surface area contributed by atoms with Gasteiger partial charge in [-0.05, 0) is 29.8 Å². The average Bonchev–Trinajstić information content (AvgIpc) is 2.54. The summed E-state index contributed by atoms with van der Waals surface area (Å²) in [4.78, 5) is 6.86. The second-order valence-electron chi connectivity index (χ2n) is 4.94. The predicted molar refractivity (Wildman–Crippen MR) is 84.8 cm³/mol. The van der Waals surface area contributed by atoms with Crippen LogP contribution in [0, 0.1) is 0 Å². The van der Waals surface area contributed by atoms with E-state index in [4.69, 9.17) is 4.74 Å². The van der Waals surface area contributed by atoms with E-state index in [0.717, 1.165) is 43.2 Å². The number of rotatable bonds is 3. The summed E-state index contributed by atoms with van der Waals surface area (Å²) < 4.78 is 5.40. The van der Waals surface area contributed by atoms with Gasteiger partial charge in [0.2, 0.25) is 0 Å². The van der Waals surface area contributed by atoms with Crippen LogP contribution in [0.5, 0.6) is 5.75 Å². The van der Waals surface area contributed by atoms with Gasteiger partial charge < -0.3 is 14.7 Å². The number of morpholine rings is 1. The number of aromatic hydroxyl groups is 1. The molecule has 1 saturated heterocycles. The van der Waals surface area contributed by atoms with Gasteiger partial charge in [0, 0.05) is 19.3 Å². The van der Waals surface area contributed by atoms with E-state index in [9.17, 15) is 5.11 Å². The standard InChI is InChI=1S/C17H18N2O2/c20-15-5-3-4-14(12-15)13-18-16-6-1-2-7-17(16)19-8-10-21-11-9-19/h1-7,12-13,20H,8-11H2. The van der Waals surface area contributed by atoms with E-state index in [0.29, 0.717) is 0 Å². The highest BCUT2D eigenvalue weighted by Crippen LogP contribution is 2.28. The Bertz CT molecular complexity index is 634. The highest BCUT2D eigenvalue weighted by atomic mass is 16.5. The minimum Gasteiger partial charge on any atom is -0.508 e. The molecule has 1 aliphatic heterocycles. The first-order valence-electron chi connectivity index (χ1n) is 7.08. The molecule has 3 rings (SSSR count). The lowest BCUT2D eigenvalue weighted by Crippen LogP contribution is -2.36. The van der Waals surface area contributed by atoms with Crippen molar-refractivity contribution in [2.45, 2.75) is 0 Å². The molecule has 0 amide bonds. The van der Waals surface area contributed by atoms with Crippen molar-refractivity contribution in [1.29, 1.82) is 0 Å². The van der Waals surface area contributed by atoms with Crippen molar-refractivity contribution < 1.29 is 9.84 Å². The lowest BCUT2D eigenvalue weighted by Gasteiger charge is -2.29. The molecule has 1 fully saturated rings. The zero-order chi connectivity index (χ0) is 14.5. The van der Waals surface area contributed by atoms with Gasteiger partial charge in [-0.2, -0.15) is 0 Å². The van der Waals surface area contributed by atoms with E-state index < -0.39 is 0 Å². The van der Waals surface area contributed by atoms with E-state index in [2.05, 4.69) is 16.0 Å². The van der Waals surface area contributed by atoms with Crippen LogP contribution >= 0.6 is 0 Å². The third kappa shape index (κ3) is 3.41. The number of hydrogen-bond acceptors (Lipinski definition) is 4. The molecule has 1 N–H and O–H groups in total. The third-order valence-corrected chi connectivity index (χ3v) is 3.46. The fraction of sp³-hybridized carbons (Fsp3) is 0.235. The Morgan fingerprint density at radius 3 is 2.67 bits per heavy atom. The monoisotopic (exact) mass is 282 g/mol. The van der Waals surface area contributed by atoms with E-state index in [1.807, 2.05) is 30.3 Å². The Balaban J connectivity index is 1.85. The molecule has 21 heavy (non-hydrogen) atoms. The summed E-state index contributed by atoms with van der Waals surface area (Å²) >= 11 is 0. The number of phenolic OH excluding ortho intramolecular Hbond substituents is 1. The van der Waals surface area contributed by atoms with Gasteiger partial charge in [0.05, 0.1) is 24.6 Å². The van der Waals surface area contributed by atoms with Crippen LogP contribution < -0.4 is 4.90 Å². The first kappa shape index (κ1) is 13.6. The fourth-order valence-electron chi connectivity index (χ4n) is 2.39. The minimum atomic E-state index is 0.250. The Morgan fingerprint density at radius 1 is 1.05 bits per heavy atom. The summed E-state index contributed by atoms with van der Waals surface area (Å²) in [6.07, 6.45) is 1.78. The van der Waals surface area contributed by atoms with Crippen molar-refractivity contribution in [2.24, 2.45) is 4.99 Å². The summed E-state index contributed by atoms with van der Waals surface area (Å²) in [6.45, 7) is 3.28. The van der Waals surface area contributed by atoms with Crippen molar-refractivity contribution >= 4 is 17.6 Å². The number of ether oxygens (including phenoxy) is 1. The van der Waals surface area contributed by atoms with Gasteiger partial charge in [-0.15, -0.1) is 0 Å². The molecule has 0 atom stereocenters. The molecule has 2 aromatic carbocycles. The highest BCUT2D eigenvalue weighted by Gasteiger charge is 2.13. The predicted octanol–water partition coefficient (Wildman–Crippen LogP) is 2.98. The first-order chi connectivity index (χ1) is 10.3. The molecule has 4 nitrogen and oxygen atoms in total. The first-order valence-corrected chi connectivity index (χ1v) is 7.08. The summed E-state index contributed by atoms with van der Waals surface area (Å²) in [5, 5.41) is 9.48. The maximum atomic E-state index is 9.48. The Labute approximate surface area is 124 Å². The topological polar surface area (TPSA) is 45.1 Å². The maximum Gasteiger partial charge on any atom is 0.116 e. The van der Waals surface area contributed by atoms with Gasteiger partial charge in [-0.25, -0.2) is 0 Å². The van der Waals surface area contributed by atoms with Gasteiger partial charge in [-0.1, -0.05) is 24.3 Å². The second kappa shape index (κ2) is 6.41. The number of phenols is 1.